The summed E-state index contributed by atoms with van der Waals surface area (Å²) in [5, 5.41) is 18.2. The second-order valence-electron chi connectivity index (χ2n) is 4.66. The molecule has 0 aliphatic rings. The van der Waals surface area contributed by atoms with Crippen LogP contribution in [0.2, 0.25) is 0 Å². The average molecular weight is 319 g/mol. The molecule has 1 N–H and O–H groups in total. The van der Waals surface area contributed by atoms with Gasteiger partial charge in [0.1, 0.15) is 5.69 Å². The van der Waals surface area contributed by atoms with Crippen molar-refractivity contribution in [2.75, 3.05) is 0 Å². The van der Waals surface area contributed by atoms with Crippen LogP contribution in [0.1, 0.15) is 16.7 Å². The molecule has 0 spiro atoms. The number of aromatic hydroxyl groups is 1. The van der Waals surface area contributed by atoms with Crippen LogP contribution in [0.4, 0.5) is 11.4 Å². The molecule has 2 rings (SSSR count). The molecule has 0 amide bonds. The fourth-order valence-corrected chi connectivity index (χ4v) is 2.48. The number of aryl methyl sites for hydroxylation is 3. The molecule has 0 saturated heterocycles. The van der Waals surface area contributed by atoms with E-state index in [1.807, 2.05) is 39.0 Å². The predicted molar refractivity (Wildman–Crippen MR) is 80.6 cm³/mol. The maximum atomic E-state index is 9.91. The van der Waals surface area contributed by atoms with Crippen molar-refractivity contribution in [1.82, 2.24) is 0 Å². The Hall–Kier alpha value is -1.68. The summed E-state index contributed by atoms with van der Waals surface area (Å²) in [4.78, 5) is 0. The fraction of sp³-hybridized carbons (Fsp3) is 0.200. The van der Waals surface area contributed by atoms with Crippen LogP contribution in [0.15, 0.2) is 45.0 Å². The van der Waals surface area contributed by atoms with Gasteiger partial charge in [0.15, 0.2) is 5.75 Å². The van der Waals surface area contributed by atoms with Crippen LogP contribution in [-0.2, 0) is 0 Å². The number of hydrogen-bond donors (Lipinski definition) is 1. The first-order chi connectivity index (χ1) is 8.95. The van der Waals surface area contributed by atoms with E-state index in [0.717, 1.165) is 22.4 Å². The van der Waals surface area contributed by atoms with Crippen molar-refractivity contribution in [3.63, 3.8) is 0 Å². The highest BCUT2D eigenvalue weighted by molar-refractivity contribution is 9.10. The van der Waals surface area contributed by atoms with Gasteiger partial charge >= 0.3 is 0 Å². The van der Waals surface area contributed by atoms with Gasteiger partial charge < -0.3 is 5.11 Å². The predicted octanol–water partition coefficient (Wildman–Crippen LogP) is 5.50. The van der Waals surface area contributed by atoms with Gasteiger partial charge in [0.05, 0.1) is 10.2 Å². The molecule has 2 aromatic carbocycles. The fourth-order valence-electron chi connectivity index (χ4n) is 1.91. The van der Waals surface area contributed by atoms with Crippen molar-refractivity contribution >= 4 is 27.3 Å². The van der Waals surface area contributed by atoms with Crippen LogP contribution in [0.25, 0.3) is 0 Å². The van der Waals surface area contributed by atoms with E-state index in [9.17, 15) is 5.11 Å². The minimum Gasteiger partial charge on any atom is -0.505 e. The molecule has 0 saturated carbocycles. The van der Waals surface area contributed by atoms with E-state index in [-0.39, 0.29) is 5.75 Å². The van der Waals surface area contributed by atoms with E-state index in [2.05, 4.69) is 32.2 Å². The maximum Gasteiger partial charge on any atom is 0.157 e. The second-order valence-corrected chi connectivity index (χ2v) is 5.51. The third-order valence-corrected chi connectivity index (χ3v) is 3.27. The van der Waals surface area contributed by atoms with Crippen LogP contribution in [-0.4, -0.2) is 5.11 Å². The number of phenols is 1. The van der Waals surface area contributed by atoms with Gasteiger partial charge in [-0.05, 0) is 77.7 Å². The molecule has 0 radical (unpaired) electrons. The van der Waals surface area contributed by atoms with Gasteiger partial charge in [-0.3, -0.25) is 0 Å². The van der Waals surface area contributed by atoms with Gasteiger partial charge in [0.2, 0.25) is 0 Å². The smallest absolute Gasteiger partial charge is 0.157 e. The Morgan fingerprint density at radius 3 is 2.05 bits per heavy atom. The number of azo groups is 1. The lowest BCUT2D eigenvalue weighted by molar-refractivity contribution is 0.473. The Labute approximate surface area is 121 Å². The molecule has 0 atom stereocenters. The van der Waals surface area contributed by atoms with Gasteiger partial charge in [-0.1, -0.05) is 6.07 Å². The number of rotatable bonds is 2. The van der Waals surface area contributed by atoms with Crippen molar-refractivity contribution in [1.29, 1.82) is 0 Å². The first-order valence-electron chi connectivity index (χ1n) is 5.95. The summed E-state index contributed by atoms with van der Waals surface area (Å²) in [5.41, 5.74) is 4.55. The normalized spacial score (nSPS) is 11.2. The minimum atomic E-state index is 0.110. The molecule has 19 heavy (non-hydrogen) atoms. The molecule has 0 aliphatic carbocycles. The van der Waals surface area contributed by atoms with E-state index in [0.29, 0.717) is 10.2 Å². The largest absolute Gasteiger partial charge is 0.505 e. The topological polar surface area (TPSA) is 45.0 Å². The summed E-state index contributed by atoms with van der Waals surface area (Å²) in [6, 6.07) is 9.63. The van der Waals surface area contributed by atoms with Crippen LogP contribution >= 0.6 is 15.9 Å². The van der Waals surface area contributed by atoms with Gasteiger partial charge in [-0.15, -0.1) is 5.11 Å². The molecule has 0 bridgehead atoms. The standard InChI is InChI=1S/C15H15BrN2O/c1-9-4-10(2)6-12(5-9)17-18-14-8-11(3)7-13(16)15(14)19/h4-8,19H,1-3H3. The van der Waals surface area contributed by atoms with E-state index < -0.39 is 0 Å². The van der Waals surface area contributed by atoms with E-state index in [4.69, 9.17) is 0 Å². The Morgan fingerprint density at radius 1 is 0.842 bits per heavy atom. The third kappa shape index (κ3) is 3.41. The lowest BCUT2D eigenvalue weighted by Crippen LogP contribution is -1.77. The van der Waals surface area contributed by atoms with Gasteiger partial charge in [0.25, 0.3) is 0 Å². The van der Waals surface area contributed by atoms with Crippen molar-refractivity contribution in [2.45, 2.75) is 20.8 Å². The first kappa shape index (κ1) is 13.7. The molecule has 0 heterocycles. The molecule has 4 heteroatoms. The van der Waals surface area contributed by atoms with Crippen molar-refractivity contribution < 1.29 is 5.11 Å². The summed E-state index contributed by atoms with van der Waals surface area (Å²) >= 11 is 3.29. The second kappa shape index (κ2) is 5.53. The average Bonchev–Trinajstić information content (AvgIpc) is 2.30. The van der Waals surface area contributed by atoms with E-state index in [1.54, 1.807) is 6.07 Å². The summed E-state index contributed by atoms with van der Waals surface area (Å²) in [6.07, 6.45) is 0. The Bertz CT molecular complexity index is 631. The van der Waals surface area contributed by atoms with Crippen LogP contribution < -0.4 is 0 Å². The van der Waals surface area contributed by atoms with Crippen LogP contribution in [0.3, 0.4) is 0 Å². The number of benzene rings is 2. The van der Waals surface area contributed by atoms with Gasteiger partial charge in [0, 0.05) is 0 Å². The van der Waals surface area contributed by atoms with Crippen molar-refractivity contribution in [3.8, 4) is 5.75 Å². The molecular formula is C15H15BrN2O. The monoisotopic (exact) mass is 318 g/mol. The highest BCUT2D eigenvalue weighted by Gasteiger charge is 2.05. The highest BCUT2D eigenvalue weighted by Crippen LogP contribution is 2.36. The number of nitrogens with zero attached hydrogens (tertiary/aromatic N) is 2. The van der Waals surface area contributed by atoms with Gasteiger partial charge in [-0.2, -0.15) is 5.11 Å². The Morgan fingerprint density at radius 2 is 1.42 bits per heavy atom. The molecule has 0 unspecified atom stereocenters. The molecule has 2 aromatic rings. The first-order valence-corrected chi connectivity index (χ1v) is 6.74. The summed E-state index contributed by atoms with van der Waals surface area (Å²) in [7, 11) is 0. The number of halogens is 1. The van der Waals surface area contributed by atoms with Crippen molar-refractivity contribution in [2.24, 2.45) is 10.2 Å². The zero-order valence-electron chi connectivity index (χ0n) is 11.1. The Balaban J connectivity index is 2.37. The van der Waals surface area contributed by atoms with Gasteiger partial charge in [-0.25, -0.2) is 0 Å². The summed E-state index contributed by atoms with van der Waals surface area (Å²) < 4.78 is 0.627. The quantitative estimate of drug-likeness (QED) is 0.730. The zero-order chi connectivity index (χ0) is 14.0. The minimum absolute atomic E-state index is 0.110. The molecule has 98 valence electrons. The summed E-state index contributed by atoms with van der Waals surface area (Å²) in [5.74, 6) is 0.110. The lowest BCUT2D eigenvalue weighted by atomic mass is 10.1. The lowest BCUT2D eigenvalue weighted by Gasteiger charge is -2.03. The molecule has 0 aliphatic heterocycles. The number of hydrogen-bond acceptors (Lipinski definition) is 3. The molecule has 0 aromatic heterocycles. The third-order valence-electron chi connectivity index (χ3n) is 2.67. The van der Waals surface area contributed by atoms with Crippen molar-refractivity contribution in [3.05, 3.63) is 51.5 Å². The highest BCUT2D eigenvalue weighted by atomic mass is 79.9. The maximum absolute atomic E-state index is 9.91. The van der Waals surface area contributed by atoms with E-state index >= 15 is 0 Å². The molecule has 0 fully saturated rings. The van der Waals surface area contributed by atoms with Crippen LogP contribution in [0, 0.1) is 20.8 Å². The summed E-state index contributed by atoms with van der Waals surface area (Å²) in [6.45, 7) is 5.99. The molecular weight excluding hydrogens is 304 g/mol. The zero-order valence-corrected chi connectivity index (χ0v) is 12.7. The number of phenolic OH excluding ortho intramolecular Hbond substituents is 1. The SMILES string of the molecule is Cc1cc(C)cc(N=Nc2cc(C)cc(Br)c2O)c1. The Kier molecular flexibility index (Phi) is 4.00. The van der Waals surface area contributed by atoms with Crippen LogP contribution in [0.5, 0.6) is 5.75 Å². The molecule has 3 nitrogen and oxygen atoms in total. The van der Waals surface area contributed by atoms with E-state index in [1.165, 1.54) is 0 Å².